The van der Waals surface area contributed by atoms with Crippen LogP contribution in [-0.4, -0.2) is 12.1 Å². The highest BCUT2D eigenvalue weighted by molar-refractivity contribution is 5.46. The molecule has 2 heteroatoms. The Hall–Kier alpha value is -1.02. The molecule has 2 rings (SSSR count). The van der Waals surface area contributed by atoms with Crippen LogP contribution in [0.25, 0.3) is 0 Å². The van der Waals surface area contributed by atoms with Gasteiger partial charge in [0.25, 0.3) is 0 Å². The molecular formula is C14H22N2. The Morgan fingerprint density at radius 2 is 1.88 bits per heavy atom. The van der Waals surface area contributed by atoms with E-state index >= 15 is 0 Å². The average molecular weight is 218 g/mol. The molecule has 0 saturated heterocycles. The zero-order valence-corrected chi connectivity index (χ0v) is 10.3. The van der Waals surface area contributed by atoms with Crippen molar-refractivity contribution in [2.75, 3.05) is 11.9 Å². The van der Waals surface area contributed by atoms with Crippen molar-refractivity contribution in [3.05, 3.63) is 30.3 Å². The molecule has 1 fully saturated rings. The Balaban J connectivity index is 2.23. The zero-order valence-electron chi connectivity index (χ0n) is 10.3. The Kier molecular flexibility index (Phi) is 2.94. The van der Waals surface area contributed by atoms with E-state index in [-0.39, 0.29) is 11.0 Å². The molecule has 1 atom stereocenters. The molecule has 1 aromatic rings. The lowest BCUT2D eigenvalue weighted by Crippen LogP contribution is -2.53. The lowest BCUT2D eigenvalue weighted by Gasteiger charge is -2.42. The van der Waals surface area contributed by atoms with Crippen molar-refractivity contribution in [2.24, 2.45) is 11.1 Å². The van der Waals surface area contributed by atoms with Crippen molar-refractivity contribution in [1.82, 2.24) is 0 Å². The van der Waals surface area contributed by atoms with Gasteiger partial charge in [0.2, 0.25) is 0 Å². The van der Waals surface area contributed by atoms with Crippen LogP contribution in [0.2, 0.25) is 0 Å². The number of nitrogens with two attached hydrogens (primary N) is 1. The monoisotopic (exact) mass is 218 g/mol. The molecule has 1 unspecified atom stereocenters. The van der Waals surface area contributed by atoms with Crippen LogP contribution in [0, 0.1) is 5.41 Å². The molecular weight excluding hydrogens is 196 g/mol. The molecule has 88 valence electrons. The standard InChI is InChI=1S/C14H22N2/c1-13(2)9-6-10-14(13,11-15)16-12-7-4-3-5-8-12/h3-5,7-8,16H,6,9-11,15H2,1-2H3. The average Bonchev–Trinajstić information content (AvgIpc) is 2.56. The first-order chi connectivity index (χ1) is 7.60. The topological polar surface area (TPSA) is 38.0 Å². The molecule has 0 heterocycles. The van der Waals surface area contributed by atoms with Crippen LogP contribution < -0.4 is 11.1 Å². The molecule has 3 N–H and O–H groups in total. The fourth-order valence-corrected chi connectivity index (χ4v) is 2.87. The summed E-state index contributed by atoms with van der Waals surface area (Å²) in [6, 6.07) is 10.4. The first kappa shape index (κ1) is 11.5. The maximum Gasteiger partial charge on any atom is 0.0546 e. The number of hydrogen-bond acceptors (Lipinski definition) is 2. The highest BCUT2D eigenvalue weighted by Gasteiger charge is 2.47. The van der Waals surface area contributed by atoms with Crippen molar-refractivity contribution in [1.29, 1.82) is 0 Å². The van der Waals surface area contributed by atoms with Gasteiger partial charge >= 0.3 is 0 Å². The smallest absolute Gasteiger partial charge is 0.0546 e. The first-order valence-electron chi connectivity index (χ1n) is 6.13. The van der Waals surface area contributed by atoms with E-state index in [4.69, 9.17) is 5.73 Å². The third-order valence-electron chi connectivity index (χ3n) is 4.21. The fraction of sp³-hybridized carbons (Fsp3) is 0.571. The predicted octanol–water partition coefficient (Wildman–Crippen LogP) is 3.01. The van der Waals surface area contributed by atoms with Gasteiger partial charge in [0.1, 0.15) is 0 Å². The summed E-state index contributed by atoms with van der Waals surface area (Å²) < 4.78 is 0. The maximum absolute atomic E-state index is 6.03. The van der Waals surface area contributed by atoms with Crippen LogP contribution in [0.15, 0.2) is 30.3 Å². The van der Waals surface area contributed by atoms with Gasteiger partial charge in [-0.25, -0.2) is 0 Å². The summed E-state index contributed by atoms with van der Waals surface area (Å²) in [6.07, 6.45) is 3.69. The number of anilines is 1. The normalized spacial score (nSPS) is 27.9. The van der Waals surface area contributed by atoms with E-state index in [1.165, 1.54) is 24.9 Å². The van der Waals surface area contributed by atoms with Crippen molar-refractivity contribution in [2.45, 2.75) is 38.6 Å². The lowest BCUT2D eigenvalue weighted by atomic mass is 9.74. The highest BCUT2D eigenvalue weighted by Crippen LogP contribution is 2.47. The van der Waals surface area contributed by atoms with Gasteiger partial charge in [-0.3, -0.25) is 0 Å². The van der Waals surface area contributed by atoms with E-state index < -0.39 is 0 Å². The minimum atomic E-state index is 0.0638. The van der Waals surface area contributed by atoms with Crippen molar-refractivity contribution < 1.29 is 0 Å². The van der Waals surface area contributed by atoms with Crippen LogP contribution >= 0.6 is 0 Å². The third kappa shape index (κ3) is 1.82. The first-order valence-corrected chi connectivity index (χ1v) is 6.13. The van der Waals surface area contributed by atoms with Gasteiger partial charge in [-0.2, -0.15) is 0 Å². The molecule has 0 bridgehead atoms. The largest absolute Gasteiger partial charge is 0.378 e. The Morgan fingerprint density at radius 1 is 1.19 bits per heavy atom. The molecule has 0 aromatic heterocycles. The molecule has 0 amide bonds. The maximum atomic E-state index is 6.03. The minimum Gasteiger partial charge on any atom is -0.378 e. The SMILES string of the molecule is CC1(C)CCCC1(CN)Nc1ccccc1. The van der Waals surface area contributed by atoms with E-state index in [1.807, 2.05) is 6.07 Å². The molecule has 1 aromatic carbocycles. The Bertz CT molecular complexity index is 345. The molecule has 1 aliphatic rings. The van der Waals surface area contributed by atoms with Crippen LogP contribution in [0.1, 0.15) is 33.1 Å². The molecule has 2 nitrogen and oxygen atoms in total. The summed E-state index contributed by atoms with van der Waals surface area (Å²) in [5.41, 5.74) is 7.55. The van der Waals surface area contributed by atoms with E-state index in [0.29, 0.717) is 6.54 Å². The Labute approximate surface area is 98.2 Å². The van der Waals surface area contributed by atoms with Crippen molar-refractivity contribution in [3.8, 4) is 0 Å². The second-order valence-electron chi connectivity index (χ2n) is 5.51. The van der Waals surface area contributed by atoms with Crippen LogP contribution in [-0.2, 0) is 0 Å². The van der Waals surface area contributed by atoms with Gasteiger partial charge in [0.15, 0.2) is 0 Å². The van der Waals surface area contributed by atoms with Gasteiger partial charge in [-0.15, -0.1) is 0 Å². The molecule has 0 radical (unpaired) electrons. The predicted molar refractivity (Wildman–Crippen MR) is 69.5 cm³/mol. The molecule has 0 aliphatic heterocycles. The van der Waals surface area contributed by atoms with Gasteiger partial charge in [-0.1, -0.05) is 38.5 Å². The van der Waals surface area contributed by atoms with Gasteiger partial charge < -0.3 is 11.1 Å². The molecule has 1 saturated carbocycles. The van der Waals surface area contributed by atoms with Crippen molar-refractivity contribution in [3.63, 3.8) is 0 Å². The molecule has 0 spiro atoms. The number of nitrogens with one attached hydrogen (secondary N) is 1. The summed E-state index contributed by atoms with van der Waals surface area (Å²) in [6.45, 7) is 5.35. The molecule has 16 heavy (non-hydrogen) atoms. The van der Waals surface area contributed by atoms with E-state index in [0.717, 1.165) is 0 Å². The number of benzene rings is 1. The number of rotatable bonds is 3. The number of hydrogen-bond donors (Lipinski definition) is 2. The lowest BCUT2D eigenvalue weighted by molar-refractivity contribution is 0.239. The molecule has 1 aliphatic carbocycles. The van der Waals surface area contributed by atoms with Crippen molar-refractivity contribution >= 4 is 5.69 Å². The second-order valence-corrected chi connectivity index (χ2v) is 5.51. The minimum absolute atomic E-state index is 0.0638. The Morgan fingerprint density at radius 3 is 2.38 bits per heavy atom. The van der Waals surface area contributed by atoms with E-state index in [9.17, 15) is 0 Å². The third-order valence-corrected chi connectivity index (χ3v) is 4.21. The van der Waals surface area contributed by atoms with Gasteiger partial charge in [0, 0.05) is 12.2 Å². The van der Waals surface area contributed by atoms with E-state index in [2.05, 4.69) is 43.4 Å². The van der Waals surface area contributed by atoms with Gasteiger partial charge in [-0.05, 0) is 30.4 Å². The summed E-state index contributed by atoms with van der Waals surface area (Å²) in [5.74, 6) is 0. The summed E-state index contributed by atoms with van der Waals surface area (Å²) in [7, 11) is 0. The van der Waals surface area contributed by atoms with E-state index in [1.54, 1.807) is 0 Å². The zero-order chi connectivity index (χ0) is 11.6. The number of para-hydroxylation sites is 1. The van der Waals surface area contributed by atoms with Gasteiger partial charge in [0.05, 0.1) is 5.54 Å². The summed E-state index contributed by atoms with van der Waals surface area (Å²) in [5, 5.41) is 3.67. The van der Waals surface area contributed by atoms with Crippen LogP contribution in [0.5, 0.6) is 0 Å². The van der Waals surface area contributed by atoms with Crippen LogP contribution in [0.3, 0.4) is 0 Å². The summed E-state index contributed by atoms with van der Waals surface area (Å²) in [4.78, 5) is 0. The fourth-order valence-electron chi connectivity index (χ4n) is 2.87. The van der Waals surface area contributed by atoms with Crippen LogP contribution in [0.4, 0.5) is 5.69 Å². The quantitative estimate of drug-likeness (QED) is 0.818. The highest BCUT2D eigenvalue weighted by atomic mass is 15.0. The second kappa shape index (κ2) is 4.10. The summed E-state index contributed by atoms with van der Waals surface area (Å²) >= 11 is 0.